The smallest absolute Gasteiger partial charge is 0.328 e. The molecule has 2 unspecified atom stereocenters. The maximum Gasteiger partial charge on any atom is 0.328 e. The maximum absolute atomic E-state index is 13.0. The molecule has 2 atom stereocenters. The summed E-state index contributed by atoms with van der Waals surface area (Å²) in [7, 11) is 1.29. The lowest BCUT2D eigenvalue weighted by molar-refractivity contribution is -0.142. The molecule has 1 rings (SSSR count). The summed E-state index contributed by atoms with van der Waals surface area (Å²) < 4.78 is 5.68. The molecule has 0 aliphatic rings. The number of nitrogens with zero attached hydrogens (tertiary/aromatic N) is 1. The Bertz CT molecular complexity index is 692. The molecular weight excluding hydrogens is 418 g/mol. The number of hydrogen-bond donors (Lipinski definition) is 0. The number of carbonyl (C=O) groups is 3. The fraction of sp³-hybridized carbons (Fsp3) is 0.526. The summed E-state index contributed by atoms with van der Waals surface area (Å²) in [5.41, 5.74) is 2.39. The predicted molar refractivity (Wildman–Crippen MR) is 110 cm³/mol. The summed E-state index contributed by atoms with van der Waals surface area (Å²) >= 11 is 4.48. The molecule has 0 saturated heterocycles. The zero-order valence-corrected chi connectivity index (χ0v) is 18.5. The lowest BCUT2D eigenvalue weighted by Gasteiger charge is -2.30. The van der Waals surface area contributed by atoms with Crippen LogP contribution < -0.4 is 4.90 Å². The lowest BCUT2D eigenvalue weighted by Crippen LogP contribution is -2.46. The van der Waals surface area contributed by atoms with E-state index in [1.54, 1.807) is 6.92 Å². The molecule has 0 spiro atoms. The highest BCUT2D eigenvalue weighted by Crippen LogP contribution is 2.33. The molecular formula is C19H26BrNO4S. The van der Waals surface area contributed by atoms with Crippen LogP contribution in [0.5, 0.6) is 0 Å². The van der Waals surface area contributed by atoms with E-state index in [1.807, 2.05) is 39.8 Å². The van der Waals surface area contributed by atoms with Crippen LogP contribution in [0.3, 0.4) is 0 Å². The summed E-state index contributed by atoms with van der Waals surface area (Å²) in [5, 5.41) is -0.0193. The standard InChI is InChI=1S/C19H26BrNO4S/c1-7-11(2)19(24)26-10-16(22)21(14(5)18(23)25-6)17-12(3)8-9-15(20)13(17)4/h8-9,11,14H,7,10H2,1-6H3. The number of aryl methyl sites for hydroxylation is 1. The van der Waals surface area contributed by atoms with Gasteiger partial charge < -0.3 is 4.74 Å². The molecule has 144 valence electrons. The van der Waals surface area contributed by atoms with Crippen molar-refractivity contribution in [3.05, 3.63) is 27.7 Å². The first-order valence-electron chi connectivity index (χ1n) is 8.47. The van der Waals surface area contributed by atoms with E-state index < -0.39 is 12.0 Å². The van der Waals surface area contributed by atoms with Gasteiger partial charge >= 0.3 is 5.97 Å². The molecule has 7 heteroatoms. The van der Waals surface area contributed by atoms with Crippen molar-refractivity contribution in [2.75, 3.05) is 17.8 Å². The van der Waals surface area contributed by atoms with E-state index in [-0.39, 0.29) is 22.7 Å². The minimum absolute atomic E-state index is 0.0180. The van der Waals surface area contributed by atoms with E-state index in [0.717, 1.165) is 33.8 Å². The zero-order chi connectivity index (χ0) is 20.0. The molecule has 0 aromatic heterocycles. The highest BCUT2D eigenvalue weighted by molar-refractivity contribution is 9.10. The molecule has 0 aliphatic heterocycles. The van der Waals surface area contributed by atoms with Crippen LogP contribution in [0.25, 0.3) is 0 Å². The number of halogens is 1. The van der Waals surface area contributed by atoms with Crippen LogP contribution >= 0.6 is 27.7 Å². The Morgan fingerprint density at radius 2 is 1.85 bits per heavy atom. The van der Waals surface area contributed by atoms with Gasteiger partial charge in [0.25, 0.3) is 0 Å². The maximum atomic E-state index is 13.0. The molecule has 1 aromatic carbocycles. The molecule has 0 heterocycles. The molecule has 0 N–H and O–H groups in total. The van der Waals surface area contributed by atoms with Crippen molar-refractivity contribution < 1.29 is 19.1 Å². The van der Waals surface area contributed by atoms with Gasteiger partial charge in [-0.05, 0) is 44.4 Å². The highest BCUT2D eigenvalue weighted by Gasteiger charge is 2.31. The van der Waals surface area contributed by atoms with Gasteiger partial charge in [0.2, 0.25) is 5.91 Å². The van der Waals surface area contributed by atoms with Gasteiger partial charge in [0.15, 0.2) is 5.12 Å². The number of methoxy groups -OCH3 is 1. The van der Waals surface area contributed by atoms with Crippen LogP contribution in [0.2, 0.25) is 0 Å². The van der Waals surface area contributed by atoms with Gasteiger partial charge in [0, 0.05) is 10.4 Å². The van der Waals surface area contributed by atoms with Crippen LogP contribution in [0.15, 0.2) is 16.6 Å². The van der Waals surface area contributed by atoms with Gasteiger partial charge in [-0.25, -0.2) is 4.79 Å². The molecule has 26 heavy (non-hydrogen) atoms. The predicted octanol–water partition coefficient (Wildman–Crippen LogP) is 4.27. The quantitative estimate of drug-likeness (QED) is 0.588. The average molecular weight is 444 g/mol. The first kappa shape index (κ1) is 22.7. The molecule has 5 nitrogen and oxygen atoms in total. The van der Waals surface area contributed by atoms with Crippen molar-refractivity contribution in [3.63, 3.8) is 0 Å². The number of ether oxygens (including phenoxy) is 1. The first-order valence-corrected chi connectivity index (χ1v) is 10.3. The molecule has 0 radical (unpaired) electrons. The van der Waals surface area contributed by atoms with Gasteiger partial charge in [-0.3, -0.25) is 14.5 Å². The normalized spacial score (nSPS) is 13.0. The van der Waals surface area contributed by atoms with E-state index in [4.69, 9.17) is 4.74 Å². The number of benzene rings is 1. The van der Waals surface area contributed by atoms with E-state index in [9.17, 15) is 14.4 Å². The van der Waals surface area contributed by atoms with Crippen LogP contribution in [0.1, 0.15) is 38.3 Å². The van der Waals surface area contributed by atoms with Crippen molar-refractivity contribution in [3.8, 4) is 0 Å². The molecule has 0 fully saturated rings. The van der Waals surface area contributed by atoms with E-state index >= 15 is 0 Å². The Balaban J connectivity index is 3.23. The fourth-order valence-electron chi connectivity index (χ4n) is 2.50. The Hall–Kier alpha value is -1.34. The van der Waals surface area contributed by atoms with Crippen molar-refractivity contribution in [2.24, 2.45) is 5.92 Å². The van der Waals surface area contributed by atoms with Gasteiger partial charge in [0.05, 0.1) is 18.6 Å². The minimum atomic E-state index is -0.793. The number of esters is 1. The SMILES string of the molecule is CCC(C)C(=O)SCC(=O)N(c1c(C)ccc(Br)c1C)C(C)C(=O)OC. The number of rotatable bonds is 7. The van der Waals surface area contributed by atoms with Crippen molar-refractivity contribution in [1.82, 2.24) is 0 Å². The van der Waals surface area contributed by atoms with Crippen molar-refractivity contribution in [1.29, 1.82) is 0 Å². The second-order valence-corrected chi connectivity index (χ2v) is 8.05. The van der Waals surface area contributed by atoms with Gasteiger partial charge in [-0.2, -0.15) is 0 Å². The number of anilines is 1. The summed E-state index contributed by atoms with van der Waals surface area (Å²) in [5.74, 6) is -0.923. The number of carbonyl (C=O) groups excluding carboxylic acids is 3. The Morgan fingerprint density at radius 1 is 1.23 bits per heavy atom. The zero-order valence-electron chi connectivity index (χ0n) is 16.1. The summed E-state index contributed by atoms with van der Waals surface area (Å²) in [6.07, 6.45) is 0.728. The highest BCUT2D eigenvalue weighted by atomic mass is 79.9. The number of hydrogen-bond acceptors (Lipinski definition) is 5. The van der Waals surface area contributed by atoms with Crippen LogP contribution in [-0.4, -0.2) is 35.9 Å². The topological polar surface area (TPSA) is 63.7 Å². The second-order valence-electron chi connectivity index (χ2n) is 6.22. The third-order valence-corrected chi connectivity index (χ3v) is 6.30. The monoisotopic (exact) mass is 443 g/mol. The first-order chi connectivity index (χ1) is 12.1. The third-order valence-electron chi connectivity index (χ3n) is 4.36. The van der Waals surface area contributed by atoms with E-state index in [2.05, 4.69) is 15.9 Å². The number of thioether (sulfide) groups is 1. The summed E-state index contributed by atoms with van der Waals surface area (Å²) in [6.45, 7) is 9.18. The molecule has 0 aliphatic carbocycles. The molecule has 1 amide bonds. The van der Waals surface area contributed by atoms with E-state index in [1.165, 1.54) is 12.0 Å². The van der Waals surface area contributed by atoms with Gasteiger partial charge in [0.1, 0.15) is 6.04 Å². The Kier molecular flexibility index (Phi) is 8.83. The minimum Gasteiger partial charge on any atom is -0.467 e. The second kappa shape index (κ2) is 10.1. The fourth-order valence-corrected chi connectivity index (χ4v) is 3.68. The van der Waals surface area contributed by atoms with Gasteiger partial charge in [-0.15, -0.1) is 0 Å². The van der Waals surface area contributed by atoms with Crippen molar-refractivity contribution in [2.45, 2.75) is 47.1 Å². The average Bonchev–Trinajstić information content (AvgIpc) is 2.63. The third kappa shape index (κ3) is 5.33. The largest absolute Gasteiger partial charge is 0.467 e. The van der Waals surface area contributed by atoms with E-state index in [0.29, 0.717) is 5.69 Å². The summed E-state index contributed by atoms with van der Waals surface area (Å²) in [4.78, 5) is 38.6. The van der Waals surface area contributed by atoms with Gasteiger partial charge in [-0.1, -0.05) is 47.6 Å². The molecule has 1 aromatic rings. The Morgan fingerprint density at radius 3 is 2.38 bits per heavy atom. The van der Waals surface area contributed by atoms with Crippen molar-refractivity contribution >= 4 is 50.4 Å². The van der Waals surface area contributed by atoms with Crippen LogP contribution in [0, 0.1) is 19.8 Å². The van der Waals surface area contributed by atoms with Crippen LogP contribution in [0.4, 0.5) is 5.69 Å². The summed E-state index contributed by atoms with van der Waals surface area (Å²) in [6, 6.07) is 2.99. The molecule has 0 saturated carbocycles. The number of amides is 1. The molecule has 0 bridgehead atoms. The van der Waals surface area contributed by atoms with Crippen LogP contribution in [-0.2, 0) is 19.1 Å². The Labute approximate surface area is 168 Å². The lowest BCUT2D eigenvalue weighted by atomic mass is 10.1.